The first-order valence-electron chi connectivity index (χ1n) is 4.98. The van der Waals surface area contributed by atoms with Crippen LogP contribution in [0, 0.1) is 0 Å². The first kappa shape index (κ1) is 12.9. The molecule has 0 saturated heterocycles. The summed E-state index contributed by atoms with van der Waals surface area (Å²) in [4.78, 5) is 4.50. The van der Waals surface area contributed by atoms with E-state index in [0.29, 0.717) is 6.17 Å². The van der Waals surface area contributed by atoms with Crippen molar-refractivity contribution in [1.29, 1.82) is 0 Å². The second-order valence-electron chi connectivity index (χ2n) is 4.11. The van der Waals surface area contributed by atoms with Crippen LogP contribution in [0.25, 0.3) is 0 Å². The Kier molecular flexibility index (Phi) is 6.29. The molecule has 3 heteroatoms. The van der Waals surface area contributed by atoms with E-state index in [1.807, 2.05) is 0 Å². The van der Waals surface area contributed by atoms with Crippen LogP contribution < -0.4 is 0 Å². The number of hydrogen-bond donors (Lipinski definition) is 0. The SMILES string of the molecule is C=C(C[SiH2]C)CC(N(C)C)N(C)C. The zero-order valence-electron chi connectivity index (χ0n) is 9.80. The van der Waals surface area contributed by atoms with Gasteiger partial charge in [0.1, 0.15) is 0 Å². The lowest BCUT2D eigenvalue weighted by Gasteiger charge is -2.31. The van der Waals surface area contributed by atoms with Gasteiger partial charge in [-0.25, -0.2) is 0 Å². The van der Waals surface area contributed by atoms with Gasteiger partial charge < -0.3 is 0 Å². The second kappa shape index (κ2) is 6.35. The second-order valence-corrected chi connectivity index (χ2v) is 5.61. The van der Waals surface area contributed by atoms with Crippen LogP contribution >= 0.6 is 0 Å². The molecule has 0 unspecified atom stereocenters. The van der Waals surface area contributed by atoms with Crippen LogP contribution in [-0.2, 0) is 0 Å². The third kappa shape index (κ3) is 5.24. The third-order valence-electron chi connectivity index (χ3n) is 2.27. The molecule has 78 valence electrons. The minimum absolute atomic E-state index is 0.138. The lowest BCUT2D eigenvalue weighted by Crippen LogP contribution is -2.40. The normalized spacial score (nSPS) is 12.6. The number of rotatable bonds is 6. The standard InChI is InChI=1S/C10H24N2Si/c1-9(8-13-6)7-10(11(2)3)12(4)5/h10H,1,7-8,13H2,2-6H3. The Morgan fingerprint density at radius 3 is 2.00 bits per heavy atom. The molecule has 0 aromatic heterocycles. The Bertz CT molecular complexity index is 147. The van der Waals surface area contributed by atoms with E-state index in [1.54, 1.807) is 0 Å². The first-order valence-corrected chi connectivity index (χ1v) is 7.40. The predicted octanol–water partition coefficient (Wildman–Crippen LogP) is 1.02. The molecule has 0 bridgehead atoms. The Balaban J connectivity index is 4.02. The Morgan fingerprint density at radius 2 is 1.69 bits per heavy atom. The van der Waals surface area contributed by atoms with Crippen molar-refractivity contribution in [3.05, 3.63) is 12.2 Å². The Morgan fingerprint density at radius 1 is 1.23 bits per heavy atom. The van der Waals surface area contributed by atoms with Crippen molar-refractivity contribution in [2.45, 2.75) is 25.2 Å². The molecule has 0 fully saturated rings. The molecule has 0 aliphatic carbocycles. The minimum Gasteiger partial charge on any atom is -0.294 e. The van der Waals surface area contributed by atoms with Gasteiger partial charge in [-0.05, 0) is 40.7 Å². The van der Waals surface area contributed by atoms with Crippen LogP contribution in [-0.4, -0.2) is 53.7 Å². The molecule has 13 heavy (non-hydrogen) atoms. The largest absolute Gasteiger partial charge is 0.294 e. The van der Waals surface area contributed by atoms with Crippen molar-refractivity contribution in [3.63, 3.8) is 0 Å². The zero-order valence-corrected chi connectivity index (χ0v) is 11.2. The lowest BCUT2D eigenvalue weighted by atomic mass is 10.2. The average Bonchev–Trinajstić information content (AvgIpc) is 1.99. The number of hydrogen-bond acceptors (Lipinski definition) is 2. The molecular weight excluding hydrogens is 176 g/mol. The maximum absolute atomic E-state index is 4.13. The van der Waals surface area contributed by atoms with Crippen LogP contribution in [0.4, 0.5) is 0 Å². The highest BCUT2D eigenvalue weighted by atomic mass is 28.2. The molecule has 0 heterocycles. The van der Waals surface area contributed by atoms with Gasteiger partial charge in [-0.2, -0.15) is 0 Å². The van der Waals surface area contributed by atoms with E-state index in [4.69, 9.17) is 0 Å². The van der Waals surface area contributed by atoms with Gasteiger partial charge in [-0.3, -0.25) is 9.80 Å². The van der Waals surface area contributed by atoms with Crippen molar-refractivity contribution < 1.29 is 0 Å². The molecule has 0 aromatic carbocycles. The fourth-order valence-electron chi connectivity index (χ4n) is 1.54. The fraction of sp³-hybridized carbons (Fsp3) is 0.800. The summed E-state index contributed by atoms with van der Waals surface area (Å²) >= 11 is 0. The molecule has 0 aliphatic heterocycles. The van der Waals surface area contributed by atoms with Crippen molar-refractivity contribution in [3.8, 4) is 0 Å². The van der Waals surface area contributed by atoms with Crippen molar-refractivity contribution in [2.24, 2.45) is 0 Å². The summed E-state index contributed by atoms with van der Waals surface area (Å²) < 4.78 is 0. The van der Waals surface area contributed by atoms with Gasteiger partial charge in [0, 0.05) is 9.52 Å². The fourth-order valence-corrected chi connectivity index (χ4v) is 2.45. The minimum atomic E-state index is 0.138. The van der Waals surface area contributed by atoms with Crippen molar-refractivity contribution in [1.82, 2.24) is 9.80 Å². The third-order valence-corrected chi connectivity index (χ3v) is 3.47. The van der Waals surface area contributed by atoms with Crippen LogP contribution in [0.15, 0.2) is 12.2 Å². The van der Waals surface area contributed by atoms with Crippen LogP contribution in [0.2, 0.25) is 12.6 Å². The molecule has 0 atom stereocenters. The maximum Gasteiger partial charge on any atom is 0.0650 e. The van der Waals surface area contributed by atoms with E-state index >= 15 is 0 Å². The molecule has 0 rings (SSSR count). The monoisotopic (exact) mass is 200 g/mol. The van der Waals surface area contributed by atoms with E-state index < -0.39 is 0 Å². The Hall–Kier alpha value is -0.123. The highest BCUT2D eigenvalue weighted by Crippen LogP contribution is 2.12. The van der Waals surface area contributed by atoms with Gasteiger partial charge in [-0.15, -0.1) is 6.58 Å². The molecule has 0 saturated carbocycles. The number of nitrogens with zero attached hydrogens (tertiary/aromatic N) is 2. The quantitative estimate of drug-likeness (QED) is 0.359. The van der Waals surface area contributed by atoms with Gasteiger partial charge >= 0.3 is 0 Å². The van der Waals surface area contributed by atoms with Gasteiger partial charge in [0.15, 0.2) is 0 Å². The first-order chi connectivity index (χ1) is 5.99. The predicted molar refractivity (Wildman–Crippen MR) is 64.1 cm³/mol. The zero-order chi connectivity index (χ0) is 10.4. The van der Waals surface area contributed by atoms with E-state index in [9.17, 15) is 0 Å². The van der Waals surface area contributed by atoms with Crippen LogP contribution in [0.5, 0.6) is 0 Å². The summed E-state index contributed by atoms with van der Waals surface area (Å²) in [5.74, 6) is 0. The van der Waals surface area contributed by atoms with Gasteiger partial charge in [0.25, 0.3) is 0 Å². The van der Waals surface area contributed by atoms with Crippen molar-refractivity contribution in [2.75, 3.05) is 28.2 Å². The Labute approximate surface area is 85.4 Å². The van der Waals surface area contributed by atoms with Crippen molar-refractivity contribution >= 4 is 9.52 Å². The molecule has 0 aliphatic rings. The van der Waals surface area contributed by atoms with Crippen LogP contribution in [0.3, 0.4) is 0 Å². The topological polar surface area (TPSA) is 6.48 Å². The molecule has 0 N–H and O–H groups in total. The highest BCUT2D eigenvalue weighted by Gasteiger charge is 2.14. The van der Waals surface area contributed by atoms with E-state index in [-0.39, 0.29) is 9.52 Å². The summed E-state index contributed by atoms with van der Waals surface area (Å²) in [5.41, 5.74) is 1.42. The molecular formula is C10H24N2Si. The molecule has 0 radical (unpaired) electrons. The van der Waals surface area contributed by atoms with Crippen LogP contribution in [0.1, 0.15) is 6.42 Å². The molecule has 0 amide bonds. The maximum atomic E-state index is 4.13. The summed E-state index contributed by atoms with van der Waals surface area (Å²) in [6, 6.07) is 1.29. The van der Waals surface area contributed by atoms with Gasteiger partial charge in [0.05, 0.1) is 6.17 Å². The van der Waals surface area contributed by atoms with E-state index in [1.165, 1.54) is 11.6 Å². The molecule has 0 aromatic rings. The summed E-state index contributed by atoms with van der Waals surface area (Å²) in [7, 11) is 8.64. The summed E-state index contributed by atoms with van der Waals surface area (Å²) in [6.45, 7) is 6.47. The summed E-state index contributed by atoms with van der Waals surface area (Å²) in [6.07, 6.45) is 1.62. The van der Waals surface area contributed by atoms with Gasteiger partial charge in [-0.1, -0.05) is 12.1 Å². The molecule has 2 nitrogen and oxygen atoms in total. The molecule has 0 spiro atoms. The smallest absolute Gasteiger partial charge is 0.0650 e. The highest BCUT2D eigenvalue weighted by molar-refractivity contribution is 6.34. The average molecular weight is 200 g/mol. The lowest BCUT2D eigenvalue weighted by molar-refractivity contribution is 0.129. The summed E-state index contributed by atoms with van der Waals surface area (Å²) in [5, 5.41) is 0. The van der Waals surface area contributed by atoms with Gasteiger partial charge in [0.2, 0.25) is 0 Å². The van der Waals surface area contributed by atoms with E-state index in [0.717, 1.165) is 6.42 Å². The van der Waals surface area contributed by atoms with E-state index in [2.05, 4.69) is 51.1 Å².